The molecule has 1 heterocycles. The summed E-state index contributed by atoms with van der Waals surface area (Å²) in [4.78, 5) is 25.1. The Bertz CT molecular complexity index is 353. The van der Waals surface area contributed by atoms with Crippen LogP contribution in [0.3, 0.4) is 0 Å². The standard InChI is InChI=1S/C12H20N2O3S/c1-4-17-12(16)9(6-5-7-14(2)3)11-13-10(15)8-18-11/h4-8H2,1-3H3,(H,13,15)/b11-9-. The van der Waals surface area contributed by atoms with Crippen LogP contribution in [0.1, 0.15) is 19.8 Å². The van der Waals surface area contributed by atoms with Gasteiger partial charge in [0, 0.05) is 0 Å². The van der Waals surface area contributed by atoms with Gasteiger partial charge < -0.3 is 15.0 Å². The summed E-state index contributed by atoms with van der Waals surface area (Å²) in [5, 5.41) is 3.38. The number of rotatable bonds is 6. The molecule has 0 atom stereocenters. The van der Waals surface area contributed by atoms with Crippen molar-refractivity contribution < 1.29 is 14.3 Å². The van der Waals surface area contributed by atoms with E-state index in [0.717, 1.165) is 13.0 Å². The Balaban J connectivity index is 2.69. The van der Waals surface area contributed by atoms with E-state index in [9.17, 15) is 9.59 Å². The van der Waals surface area contributed by atoms with Crippen LogP contribution in [0.15, 0.2) is 10.6 Å². The lowest BCUT2D eigenvalue weighted by atomic mass is 10.1. The van der Waals surface area contributed by atoms with Crippen molar-refractivity contribution in [2.24, 2.45) is 0 Å². The highest BCUT2D eigenvalue weighted by Gasteiger charge is 2.23. The Labute approximate surface area is 112 Å². The molecule has 1 rings (SSSR count). The predicted octanol–water partition coefficient (Wildman–Crippen LogP) is 0.966. The van der Waals surface area contributed by atoms with Crippen LogP contribution in [0.4, 0.5) is 0 Å². The summed E-state index contributed by atoms with van der Waals surface area (Å²) in [5.41, 5.74) is 0.592. The van der Waals surface area contributed by atoms with E-state index >= 15 is 0 Å². The normalized spacial score (nSPS) is 17.9. The van der Waals surface area contributed by atoms with Gasteiger partial charge in [-0.25, -0.2) is 4.79 Å². The van der Waals surface area contributed by atoms with Gasteiger partial charge in [-0.15, -0.1) is 0 Å². The molecule has 1 amide bonds. The molecule has 1 aliphatic rings. The number of hydrogen-bond acceptors (Lipinski definition) is 5. The molecular weight excluding hydrogens is 252 g/mol. The summed E-state index contributed by atoms with van der Waals surface area (Å²) < 4.78 is 5.03. The maximum atomic E-state index is 11.9. The molecule has 1 N–H and O–H groups in total. The second-order valence-electron chi connectivity index (χ2n) is 4.27. The third-order valence-corrected chi connectivity index (χ3v) is 3.47. The zero-order chi connectivity index (χ0) is 13.5. The molecular formula is C12H20N2O3S. The average molecular weight is 272 g/mol. The highest BCUT2D eigenvalue weighted by Crippen LogP contribution is 2.26. The first-order valence-electron chi connectivity index (χ1n) is 6.02. The molecule has 0 saturated carbocycles. The Hall–Kier alpha value is -1.01. The lowest BCUT2D eigenvalue weighted by Gasteiger charge is -2.12. The molecule has 0 radical (unpaired) electrons. The molecule has 0 aromatic heterocycles. The van der Waals surface area contributed by atoms with Crippen LogP contribution in [0.25, 0.3) is 0 Å². The van der Waals surface area contributed by atoms with Crippen LogP contribution in [-0.2, 0) is 14.3 Å². The number of carbonyl (C=O) groups is 2. The number of nitrogens with one attached hydrogen (secondary N) is 1. The summed E-state index contributed by atoms with van der Waals surface area (Å²) in [6, 6.07) is 0. The molecule has 0 bridgehead atoms. The van der Waals surface area contributed by atoms with E-state index in [1.165, 1.54) is 11.8 Å². The predicted molar refractivity (Wildman–Crippen MR) is 72.0 cm³/mol. The molecule has 1 fully saturated rings. The van der Waals surface area contributed by atoms with Crippen LogP contribution in [-0.4, -0.2) is 49.8 Å². The summed E-state index contributed by atoms with van der Waals surface area (Å²) in [6.45, 7) is 3.02. The van der Waals surface area contributed by atoms with E-state index in [-0.39, 0.29) is 11.9 Å². The molecule has 18 heavy (non-hydrogen) atoms. The fraction of sp³-hybridized carbons (Fsp3) is 0.667. The smallest absolute Gasteiger partial charge is 0.336 e. The van der Waals surface area contributed by atoms with Gasteiger partial charge >= 0.3 is 5.97 Å². The molecule has 6 heteroatoms. The van der Waals surface area contributed by atoms with Gasteiger partial charge in [0.05, 0.1) is 23.0 Å². The third-order valence-electron chi connectivity index (χ3n) is 2.43. The summed E-state index contributed by atoms with van der Waals surface area (Å²) in [5.74, 6) is 0.0108. The van der Waals surface area contributed by atoms with Gasteiger partial charge in [-0.2, -0.15) is 0 Å². The van der Waals surface area contributed by atoms with Crippen molar-refractivity contribution >= 4 is 23.6 Å². The number of esters is 1. The van der Waals surface area contributed by atoms with Gasteiger partial charge in [-0.3, -0.25) is 4.79 Å². The second kappa shape index (κ2) is 7.43. The van der Waals surface area contributed by atoms with Gasteiger partial charge in [0.1, 0.15) is 0 Å². The van der Waals surface area contributed by atoms with E-state index in [0.29, 0.717) is 29.4 Å². The van der Waals surface area contributed by atoms with Crippen molar-refractivity contribution in [2.45, 2.75) is 19.8 Å². The maximum Gasteiger partial charge on any atom is 0.336 e. The quantitative estimate of drug-likeness (QED) is 0.576. The topological polar surface area (TPSA) is 58.6 Å². The van der Waals surface area contributed by atoms with Gasteiger partial charge in [0.15, 0.2) is 0 Å². The first-order chi connectivity index (χ1) is 8.54. The summed E-state index contributed by atoms with van der Waals surface area (Å²) in [6.07, 6.45) is 1.49. The fourth-order valence-electron chi connectivity index (χ4n) is 1.60. The van der Waals surface area contributed by atoms with Crippen LogP contribution in [0.5, 0.6) is 0 Å². The van der Waals surface area contributed by atoms with E-state index < -0.39 is 0 Å². The van der Waals surface area contributed by atoms with Crippen molar-refractivity contribution in [3.05, 3.63) is 10.6 Å². The molecule has 1 saturated heterocycles. The van der Waals surface area contributed by atoms with Crippen molar-refractivity contribution in [3.8, 4) is 0 Å². The molecule has 0 aromatic rings. The van der Waals surface area contributed by atoms with E-state index in [1.54, 1.807) is 6.92 Å². The molecule has 5 nitrogen and oxygen atoms in total. The van der Waals surface area contributed by atoms with E-state index in [1.807, 2.05) is 14.1 Å². The molecule has 0 aromatic carbocycles. The van der Waals surface area contributed by atoms with E-state index in [4.69, 9.17) is 4.74 Å². The number of carbonyl (C=O) groups excluding carboxylic acids is 2. The van der Waals surface area contributed by atoms with Crippen LogP contribution in [0, 0.1) is 0 Å². The van der Waals surface area contributed by atoms with Crippen molar-refractivity contribution in [3.63, 3.8) is 0 Å². The molecule has 102 valence electrons. The van der Waals surface area contributed by atoms with Gasteiger partial charge in [0.25, 0.3) is 0 Å². The highest BCUT2D eigenvalue weighted by molar-refractivity contribution is 8.04. The Morgan fingerprint density at radius 2 is 2.22 bits per heavy atom. The van der Waals surface area contributed by atoms with Crippen molar-refractivity contribution in [1.82, 2.24) is 10.2 Å². The first kappa shape index (κ1) is 15.0. The van der Waals surface area contributed by atoms with Crippen LogP contribution >= 0.6 is 11.8 Å². The molecule has 0 spiro atoms. The fourth-order valence-corrected chi connectivity index (χ4v) is 2.49. The number of nitrogens with zero attached hydrogens (tertiary/aromatic N) is 1. The van der Waals surface area contributed by atoms with Gasteiger partial charge in [0.2, 0.25) is 5.91 Å². The average Bonchev–Trinajstić information content (AvgIpc) is 2.71. The Morgan fingerprint density at radius 1 is 1.50 bits per heavy atom. The SMILES string of the molecule is CCOC(=O)/C(CCCN(C)C)=C1/NC(=O)CS1. The highest BCUT2D eigenvalue weighted by atomic mass is 32.2. The Kier molecular flexibility index (Phi) is 6.21. The molecule has 0 unspecified atom stereocenters. The zero-order valence-corrected chi connectivity index (χ0v) is 11.9. The molecule has 0 aliphatic carbocycles. The second-order valence-corrected chi connectivity index (χ2v) is 5.26. The van der Waals surface area contributed by atoms with Crippen LogP contribution < -0.4 is 5.32 Å². The van der Waals surface area contributed by atoms with Crippen LogP contribution in [0.2, 0.25) is 0 Å². The number of thioether (sulfide) groups is 1. The minimum absolute atomic E-state index is 0.0515. The number of amides is 1. The largest absolute Gasteiger partial charge is 0.463 e. The third kappa shape index (κ3) is 4.70. The number of ether oxygens (including phenoxy) is 1. The summed E-state index contributed by atoms with van der Waals surface area (Å²) in [7, 11) is 3.98. The lowest BCUT2D eigenvalue weighted by Crippen LogP contribution is -2.20. The Morgan fingerprint density at radius 3 is 2.72 bits per heavy atom. The zero-order valence-electron chi connectivity index (χ0n) is 11.1. The van der Waals surface area contributed by atoms with Crippen molar-refractivity contribution in [2.75, 3.05) is 33.0 Å². The lowest BCUT2D eigenvalue weighted by molar-refractivity contribution is -0.138. The van der Waals surface area contributed by atoms with E-state index in [2.05, 4.69) is 10.2 Å². The first-order valence-corrected chi connectivity index (χ1v) is 7.00. The van der Waals surface area contributed by atoms with Gasteiger partial charge in [-0.05, 0) is 40.4 Å². The maximum absolute atomic E-state index is 11.9. The monoisotopic (exact) mass is 272 g/mol. The summed E-state index contributed by atoms with van der Waals surface area (Å²) >= 11 is 1.38. The number of hydrogen-bond donors (Lipinski definition) is 1. The molecule has 1 aliphatic heterocycles. The minimum atomic E-state index is -0.319. The minimum Gasteiger partial charge on any atom is -0.463 e. The van der Waals surface area contributed by atoms with Gasteiger partial charge in [-0.1, -0.05) is 11.8 Å². The van der Waals surface area contributed by atoms with Crippen molar-refractivity contribution in [1.29, 1.82) is 0 Å².